The predicted octanol–water partition coefficient (Wildman–Crippen LogP) is 0.376. The lowest BCUT2D eigenvalue weighted by molar-refractivity contribution is -0.148. The molecule has 0 bridgehead atoms. The molecule has 0 aromatic rings. The number of carboxylic acid groups (broad SMARTS) is 2. The summed E-state index contributed by atoms with van der Waals surface area (Å²) in [6.45, 7) is 3.46. The summed E-state index contributed by atoms with van der Waals surface area (Å²) in [7, 11) is 0. The van der Waals surface area contributed by atoms with E-state index >= 15 is 0 Å². The van der Waals surface area contributed by atoms with E-state index < -0.39 is 22.9 Å². The molecule has 5 heteroatoms. The fourth-order valence-electron chi connectivity index (χ4n) is 1.73. The normalized spacial score (nSPS) is 33.9. The van der Waals surface area contributed by atoms with E-state index in [2.05, 4.69) is 6.58 Å². The number of carboxylic acids is 2. The van der Waals surface area contributed by atoms with E-state index in [4.69, 9.17) is 15.9 Å². The SMILES string of the molecule is C=CC[C@]1(C(=O)O)C=C[C@@](N)(C(=O)O)C1. The van der Waals surface area contributed by atoms with Gasteiger partial charge in [-0.3, -0.25) is 4.79 Å². The van der Waals surface area contributed by atoms with Gasteiger partial charge in [-0.15, -0.1) is 6.58 Å². The zero-order valence-electron chi connectivity index (χ0n) is 8.14. The molecule has 82 valence electrons. The summed E-state index contributed by atoms with van der Waals surface area (Å²) >= 11 is 0. The Kier molecular flexibility index (Phi) is 2.68. The monoisotopic (exact) mass is 211 g/mol. The third-order valence-electron chi connectivity index (χ3n) is 2.64. The number of nitrogens with two attached hydrogens (primary N) is 1. The quantitative estimate of drug-likeness (QED) is 0.583. The van der Waals surface area contributed by atoms with Gasteiger partial charge in [-0.1, -0.05) is 18.2 Å². The standard InChI is InChI=1S/C10H13NO4/c1-2-3-9(7(12)13)4-5-10(11,6-9)8(14)15/h2,4-5H,1,3,6,11H2,(H,12,13)(H,14,15)/t9-,10-/m0/s1. The fraction of sp³-hybridized carbons (Fsp3) is 0.400. The van der Waals surface area contributed by atoms with E-state index in [9.17, 15) is 9.59 Å². The summed E-state index contributed by atoms with van der Waals surface area (Å²) in [6, 6.07) is 0. The van der Waals surface area contributed by atoms with Crippen molar-refractivity contribution in [1.82, 2.24) is 0 Å². The van der Waals surface area contributed by atoms with E-state index in [0.717, 1.165) is 0 Å². The minimum Gasteiger partial charge on any atom is -0.481 e. The second kappa shape index (κ2) is 3.51. The molecular weight excluding hydrogens is 198 g/mol. The minimum absolute atomic E-state index is 0.142. The molecule has 2 atom stereocenters. The van der Waals surface area contributed by atoms with Crippen LogP contribution in [-0.2, 0) is 9.59 Å². The number of rotatable bonds is 4. The summed E-state index contributed by atoms with van der Waals surface area (Å²) in [5.74, 6) is -2.29. The molecule has 4 N–H and O–H groups in total. The first-order valence-corrected chi connectivity index (χ1v) is 4.43. The Morgan fingerprint density at radius 1 is 1.40 bits per heavy atom. The van der Waals surface area contributed by atoms with Crippen molar-refractivity contribution in [3.63, 3.8) is 0 Å². The lowest BCUT2D eigenvalue weighted by Crippen LogP contribution is -2.47. The van der Waals surface area contributed by atoms with Gasteiger partial charge in [0.05, 0.1) is 5.41 Å². The maximum absolute atomic E-state index is 11.1. The highest BCUT2D eigenvalue weighted by molar-refractivity contribution is 5.87. The molecule has 0 fully saturated rings. The van der Waals surface area contributed by atoms with Crippen molar-refractivity contribution in [2.45, 2.75) is 18.4 Å². The van der Waals surface area contributed by atoms with Crippen molar-refractivity contribution < 1.29 is 19.8 Å². The molecule has 0 saturated carbocycles. The van der Waals surface area contributed by atoms with Crippen molar-refractivity contribution in [3.05, 3.63) is 24.8 Å². The van der Waals surface area contributed by atoms with Gasteiger partial charge < -0.3 is 15.9 Å². The fourth-order valence-corrected chi connectivity index (χ4v) is 1.73. The number of hydrogen-bond acceptors (Lipinski definition) is 3. The first kappa shape index (κ1) is 11.5. The van der Waals surface area contributed by atoms with Crippen molar-refractivity contribution >= 4 is 11.9 Å². The van der Waals surface area contributed by atoms with Gasteiger partial charge in [0.1, 0.15) is 5.54 Å². The molecule has 0 radical (unpaired) electrons. The van der Waals surface area contributed by atoms with Crippen molar-refractivity contribution in [3.8, 4) is 0 Å². The van der Waals surface area contributed by atoms with Crippen LogP contribution in [0.3, 0.4) is 0 Å². The van der Waals surface area contributed by atoms with Crippen LogP contribution in [0, 0.1) is 5.41 Å². The third kappa shape index (κ3) is 1.78. The Balaban J connectivity index is 3.02. The van der Waals surface area contributed by atoms with E-state index in [0.29, 0.717) is 0 Å². The van der Waals surface area contributed by atoms with Gasteiger partial charge >= 0.3 is 11.9 Å². The number of aliphatic carboxylic acids is 2. The van der Waals surface area contributed by atoms with Gasteiger partial charge in [-0.25, -0.2) is 4.79 Å². The number of allylic oxidation sites excluding steroid dienone is 1. The van der Waals surface area contributed by atoms with E-state index in [-0.39, 0.29) is 12.8 Å². The second-order valence-electron chi connectivity index (χ2n) is 3.81. The summed E-state index contributed by atoms with van der Waals surface area (Å²) in [4.78, 5) is 21.9. The van der Waals surface area contributed by atoms with Crippen LogP contribution >= 0.6 is 0 Å². The maximum atomic E-state index is 11.1. The van der Waals surface area contributed by atoms with Gasteiger partial charge in [0.25, 0.3) is 0 Å². The predicted molar refractivity (Wildman–Crippen MR) is 53.2 cm³/mol. The Labute approximate surface area is 86.9 Å². The van der Waals surface area contributed by atoms with Crippen LogP contribution < -0.4 is 5.73 Å². The molecule has 0 aromatic carbocycles. The highest BCUT2D eigenvalue weighted by Gasteiger charge is 2.49. The molecule has 1 aliphatic carbocycles. The molecule has 5 nitrogen and oxygen atoms in total. The molecule has 15 heavy (non-hydrogen) atoms. The topological polar surface area (TPSA) is 101 Å². The van der Waals surface area contributed by atoms with Crippen LogP contribution in [0.2, 0.25) is 0 Å². The number of hydrogen-bond donors (Lipinski definition) is 3. The molecule has 0 saturated heterocycles. The summed E-state index contributed by atoms with van der Waals surface area (Å²) < 4.78 is 0. The molecule has 0 aliphatic heterocycles. The van der Waals surface area contributed by atoms with Gasteiger partial charge in [0.15, 0.2) is 0 Å². The lowest BCUT2D eigenvalue weighted by atomic mass is 9.80. The lowest BCUT2D eigenvalue weighted by Gasteiger charge is -2.25. The van der Waals surface area contributed by atoms with Crippen LogP contribution in [0.15, 0.2) is 24.8 Å². The van der Waals surface area contributed by atoms with Crippen molar-refractivity contribution in [2.24, 2.45) is 11.1 Å². The highest BCUT2D eigenvalue weighted by Crippen LogP contribution is 2.40. The molecule has 0 unspecified atom stereocenters. The average molecular weight is 211 g/mol. The van der Waals surface area contributed by atoms with Crippen molar-refractivity contribution in [1.29, 1.82) is 0 Å². The van der Waals surface area contributed by atoms with Gasteiger partial charge in [-0.2, -0.15) is 0 Å². The van der Waals surface area contributed by atoms with Crippen LogP contribution in [0.1, 0.15) is 12.8 Å². The number of carbonyl (C=O) groups is 2. The third-order valence-corrected chi connectivity index (χ3v) is 2.64. The molecular formula is C10H13NO4. The molecule has 1 rings (SSSR count). The van der Waals surface area contributed by atoms with Crippen LogP contribution in [0.4, 0.5) is 0 Å². The van der Waals surface area contributed by atoms with E-state index in [1.165, 1.54) is 18.2 Å². The molecule has 0 spiro atoms. The first-order valence-electron chi connectivity index (χ1n) is 4.43. The largest absolute Gasteiger partial charge is 0.481 e. The summed E-state index contributed by atoms with van der Waals surface area (Å²) in [5.41, 5.74) is 2.75. The van der Waals surface area contributed by atoms with Gasteiger partial charge in [0.2, 0.25) is 0 Å². The zero-order chi connectivity index (χ0) is 11.7. The molecule has 0 amide bonds. The molecule has 0 heterocycles. The maximum Gasteiger partial charge on any atom is 0.327 e. The van der Waals surface area contributed by atoms with Gasteiger partial charge in [-0.05, 0) is 12.8 Å². The smallest absolute Gasteiger partial charge is 0.327 e. The van der Waals surface area contributed by atoms with E-state index in [1.54, 1.807) is 0 Å². The summed E-state index contributed by atoms with van der Waals surface area (Å²) in [6.07, 6.45) is 4.08. The summed E-state index contributed by atoms with van der Waals surface area (Å²) in [5, 5.41) is 17.9. The Morgan fingerprint density at radius 3 is 2.33 bits per heavy atom. The molecule has 0 aromatic heterocycles. The minimum atomic E-state index is -1.58. The van der Waals surface area contributed by atoms with Crippen LogP contribution in [0.25, 0.3) is 0 Å². The van der Waals surface area contributed by atoms with E-state index in [1.807, 2.05) is 0 Å². The van der Waals surface area contributed by atoms with Crippen LogP contribution in [0.5, 0.6) is 0 Å². The Bertz CT molecular complexity index is 349. The highest BCUT2D eigenvalue weighted by atomic mass is 16.4. The second-order valence-corrected chi connectivity index (χ2v) is 3.81. The average Bonchev–Trinajstić information content (AvgIpc) is 2.47. The zero-order valence-corrected chi connectivity index (χ0v) is 8.14. The Morgan fingerprint density at radius 2 is 2.00 bits per heavy atom. The van der Waals surface area contributed by atoms with Crippen LogP contribution in [-0.4, -0.2) is 27.7 Å². The van der Waals surface area contributed by atoms with Gasteiger partial charge in [0, 0.05) is 0 Å². The molecule has 1 aliphatic rings. The Hall–Kier alpha value is -1.62. The first-order chi connectivity index (χ1) is 6.86. The van der Waals surface area contributed by atoms with Crippen molar-refractivity contribution in [2.75, 3.05) is 0 Å².